The highest BCUT2D eigenvalue weighted by Gasteiger charge is 2.28. The van der Waals surface area contributed by atoms with E-state index in [4.69, 9.17) is 0 Å². The van der Waals surface area contributed by atoms with Crippen molar-refractivity contribution in [3.63, 3.8) is 0 Å². The van der Waals surface area contributed by atoms with Crippen LogP contribution in [0.5, 0.6) is 0 Å². The third-order valence-electron chi connectivity index (χ3n) is 3.86. The SMILES string of the molecule is CNC(=O)[C@@H]1CN(C)CCN(C(=O)CCc2cccs2)C1. The van der Waals surface area contributed by atoms with Gasteiger partial charge >= 0.3 is 0 Å². The second-order valence-corrected chi connectivity index (χ2v) is 6.52. The fourth-order valence-corrected chi connectivity index (χ4v) is 3.32. The van der Waals surface area contributed by atoms with Crippen LogP contribution in [0.15, 0.2) is 17.5 Å². The zero-order chi connectivity index (χ0) is 15.2. The van der Waals surface area contributed by atoms with Crippen LogP contribution in [-0.2, 0) is 16.0 Å². The summed E-state index contributed by atoms with van der Waals surface area (Å²) in [6.07, 6.45) is 1.30. The maximum Gasteiger partial charge on any atom is 0.225 e. The predicted octanol–water partition coefficient (Wildman–Crippen LogP) is 0.817. The van der Waals surface area contributed by atoms with Crippen molar-refractivity contribution in [2.45, 2.75) is 12.8 Å². The maximum atomic E-state index is 12.4. The number of nitrogens with one attached hydrogen (secondary N) is 1. The van der Waals surface area contributed by atoms with Gasteiger partial charge in [0.2, 0.25) is 11.8 Å². The monoisotopic (exact) mass is 309 g/mol. The molecule has 2 amide bonds. The first-order valence-electron chi connectivity index (χ1n) is 7.30. The van der Waals surface area contributed by atoms with Crippen molar-refractivity contribution < 1.29 is 9.59 Å². The largest absolute Gasteiger partial charge is 0.359 e. The minimum Gasteiger partial charge on any atom is -0.359 e. The zero-order valence-electron chi connectivity index (χ0n) is 12.7. The Morgan fingerprint density at radius 3 is 2.86 bits per heavy atom. The Bertz CT molecular complexity index is 475. The average Bonchev–Trinajstić information content (AvgIpc) is 2.92. The first-order valence-corrected chi connectivity index (χ1v) is 8.18. The molecule has 2 rings (SSSR count). The zero-order valence-corrected chi connectivity index (χ0v) is 13.5. The molecule has 5 nitrogen and oxygen atoms in total. The van der Waals surface area contributed by atoms with Crippen LogP contribution in [0.2, 0.25) is 0 Å². The van der Waals surface area contributed by atoms with Crippen LogP contribution in [0, 0.1) is 5.92 Å². The van der Waals surface area contributed by atoms with E-state index in [1.54, 1.807) is 18.4 Å². The van der Waals surface area contributed by atoms with E-state index in [2.05, 4.69) is 16.3 Å². The van der Waals surface area contributed by atoms with Crippen LogP contribution in [0.1, 0.15) is 11.3 Å². The van der Waals surface area contributed by atoms with Crippen LogP contribution in [-0.4, -0.2) is 61.9 Å². The van der Waals surface area contributed by atoms with Gasteiger partial charge in [-0.1, -0.05) is 6.07 Å². The Hall–Kier alpha value is -1.40. The summed E-state index contributed by atoms with van der Waals surface area (Å²) in [6, 6.07) is 4.06. The van der Waals surface area contributed by atoms with Crippen LogP contribution in [0.4, 0.5) is 0 Å². The molecule has 0 bridgehead atoms. The Labute approximate surface area is 129 Å². The summed E-state index contributed by atoms with van der Waals surface area (Å²) in [4.78, 5) is 29.5. The van der Waals surface area contributed by atoms with Gasteiger partial charge in [0, 0.05) is 44.5 Å². The fraction of sp³-hybridized carbons (Fsp3) is 0.600. The number of rotatable bonds is 4. The lowest BCUT2D eigenvalue weighted by atomic mass is 10.1. The normalized spacial score (nSPS) is 20.1. The van der Waals surface area contributed by atoms with Crippen molar-refractivity contribution in [3.8, 4) is 0 Å². The molecular formula is C15H23N3O2S. The Morgan fingerprint density at radius 1 is 1.38 bits per heavy atom. The van der Waals surface area contributed by atoms with Crippen LogP contribution in [0.3, 0.4) is 0 Å². The molecule has 2 heterocycles. The minimum absolute atomic E-state index is 0.0137. The highest BCUT2D eigenvalue weighted by atomic mass is 32.1. The molecule has 0 unspecified atom stereocenters. The van der Waals surface area contributed by atoms with Crippen LogP contribution < -0.4 is 5.32 Å². The van der Waals surface area contributed by atoms with E-state index in [9.17, 15) is 9.59 Å². The summed E-state index contributed by atoms with van der Waals surface area (Å²) in [7, 11) is 3.64. The fourth-order valence-electron chi connectivity index (χ4n) is 2.61. The Morgan fingerprint density at radius 2 is 2.19 bits per heavy atom. The number of likely N-dealkylation sites (N-methyl/N-ethyl adjacent to an activating group) is 1. The number of hydrogen-bond donors (Lipinski definition) is 1. The molecule has 1 N–H and O–H groups in total. The molecule has 0 saturated carbocycles. The lowest BCUT2D eigenvalue weighted by molar-refractivity contribution is -0.132. The Kier molecular flexibility index (Phi) is 5.76. The summed E-state index contributed by atoms with van der Waals surface area (Å²) < 4.78 is 0. The van der Waals surface area contributed by atoms with Gasteiger partial charge in [0.25, 0.3) is 0 Å². The first-order chi connectivity index (χ1) is 10.1. The molecule has 1 aliphatic heterocycles. The number of carbonyl (C=O) groups excluding carboxylic acids is 2. The third kappa shape index (κ3) is 4.54. The van der Waals surface area contributed by atoms with E-state index in [1.807, 2.05) is 23.4 Å². The van der Waals surface area contributed by atoms with Gasteiger partial charge in [-0.15, -0.1) is 11.3 Å². The van der Waals surface area contributed by atoms with Gasteiger partial charge in [0.15, 0.2) is 0 Å². The molecule has 6 heteroatoms. The molecule has 116 valence electrons. The molecule has 1 aromatic heterocycles. The Balaban J connectivity index is 1.93. The molecule has 21 heavy (non-hydrogen) atoms. The molecule has 1 atom stereocenters. The summed E-state index contributed by atoms with van der Waals surface area (Å²) >= 11 is 1.68. The highest BCUT2D eigenvalue weighted by molar-refractivity contribution is 7.09. The highest BCUT2D eigenvalue weighted by Crippen LogP contribution is 2.14. The summed E-state index contributed by atoms with van der Waals surface area (Å²) in [6.45, 7) is 2.74. The van der Waals surface area contributed by atoms with Crippen LogP contribution in [0.25, 0.3) is 0 Å². The van der Waals surface area contributed by atoms with Crippen molar-refractivity contribution in [3.05, 3.63) is 22.4 Å². The number of carbonyl (C=O) groups is 2. The lowest BCUT2D eigenvalue weighted by Crippen LogP contribution is -2.41. The maximum absolute atomic E-state index is 12.4. The topological polar surface area (TPSA) is 52.7 Å². The van der Waals surface area contributed by atoms with Crippen molar-refractivity contribution in [1.82, 2.24) is 15.1 Å². The third-order valence-corrected chi connectivity index (χ3v) is 4.80. The predicted molar refractivity (Wildman–Crippen MR) is 84.3 cm³/mol. The van der Waals surface area contributed by atoms with E-state index in [1.165, 1.54) is 4.88 Å². The van der Waals surface area contributed by atoms with Gasteiger partial charge in [-0.05, 0) is 24.9 Å². The lowest BCUT2D eigenvalue weighted by Gasteiger charge is -2.23. The summed E-state index contributed by atoms with van der Waals surface area (Å²) in [5.74, 6) is 0.0144. The summed E-state index contributed by atoms with van der Waals surface area (Å²) in [5, 5.41) is 4.73. The number of aryl methyl sites for hydroxylation is 1. The van der Waals surface area contributed by atoms with E-state index in [-0.39, 0.29) is 17.7 Å². The van der Waals surface area contributed by atoms with Crippen LogP contribution >= 0.6 is 11.3 Å². The average molecular weight is 309 g/mol. The van der Waals surface area contributed by atoms with Crippen molar-refractivity contribution in [1.29, 1.82) is 0 Å². The molecule has 1 aromatic rings. The first kappa shape index (κ1) is 16.0. The van der Waals surface area contributed by atoms with Gasteiger partial charge < -0.3 is 15.1 Å². The molecule has 0 spiro atoms. The molecule has 0 radical (unpaired) electrons. The van der Waals surface area contributed by atoms with Gasteiger partial charge in [-0.3, -0.25) is 9.59 Å². The van der Waals surface area contributed by atoms with Gasteiger partial charge in [0.05, 0.1) is 5.92 Å². The number of thiophene rings is 1. The van der Waals surface area contributed by atoms with E-state index in [0.717, 1.165) is 13.0 Å². The standard InChI is InChI=1S/C15H23N3O2S/c1-16-15(20)12-10-17(2)7-8-18(11-12)14(19)6-5-13-4-3-9-21-13/h3-4,9,12H,5-8,10-11H2,1-2H3,(H,16,20)/t12-/m1/s1. The quantitative estimate of drug-likeness (QED) is 0.896. The molecule has 1 saturated heterocycles. The van der Waals surface area contributed by atoms with Crippen molar-refractivity contribution in [2.24, 2.45) is 5.92 Å². The number of hydrogen-bond acceptors (Lipinski definition) is 4. The number of nitrogens with zero attached hydrogens (tertiary/aromatic N) is 2. The van der Waals surface area contributed by atoms with Crippen molar-refractivity contribution in [2.75, 3.05) is 40.3 Å². The van der Waals surface area contributed by atoms with E-state index >= 15 is 0 Å². The molecule has 1 fully saturated rings. The van der Waals surface area contributed by atoms with Gasteiger partial charge in [-0.2, -0.15) is 0 Å². The number of amides is 2. The molecule has 1 aliphatic rings. The molecule has 0 aromatic carbocycles. The molecule has 0 aliphatic carbocycles. The van der Waals surface area contributed by atoms with Crippen molar-refractivity contribution >= 4 is 23.2 Å². The second kappa shape index (κ2) is 7.56. The minimum atomic E-state index is -0.145. The molecular weight excluding hydrogens is 286 g/mol. The smallest absolute Gasteiger partial charge is 0.225 e. The summed E-state index contributed by atoms with van der Waals surface area (Å²) in [5.41, 5.74) is 0. The van der Waals surface area contributed by atoms with E-state index in [0.29, 0.717) is 26.1 Å². The van der Waals surface area contributed by atoms with Gasteiger partial charge in [-0.25, -0.2) is 0 Å². The van der Waals surface area contributed by atoms with Gasteiger partial charge in [0.1, 0.15) is 0 Å². The second-order valence-electron chi connectivity index (χ2n) is 5.49. The van der Waals surface area contributed by atoms with E-state index < -0.39 is 0 Å².